The molecule has 0 saturated carbocycles. The van der Waals surface area contributed by atoms with E-state index >= 15 is 0 Å². The van der Waals surface area contributed by atoms with Gasteiger partial charge in [-0.05, 0) is 54.4 Å². The normalized spacial score (nSPS) is 10.2. The Morgan fingerprint density at radius 1 is 0.700 bits per heavy atom. The lowest BCUT2D eigenvalue weighted by molar-refractivity contribution is -0.121. The third-order valence-electron chi connectivity index (χ3n) is 4.34. The van der Waals surface area contributed by atoms with Crippen molar-refractivity contribution in [3.05, 3.63) is 101 Å². The zero-order valence-corrected chi connectivity index (χ0v) is 16.8. The van der Waals surface area contributed by atoms with E-state index < -0.39 is 5.91 Å². The first-order valence-corrected chi connectivity index (χ1v) is 9.70. The molecule has 152 valence electrons. The van der Waals surface area contributed by atoms with Gasteiger partial charge in [0.05, 0.1) is 0 Å². The van der Waals surface area contributed by atoms with Gasteiger partial charge in [0.25, 0.3) is 11.8 Å². The van der Waals surface area contributed by atoms with Crippen LogP contribution in [0.1, 0.15) is 32.7 Å². The molecular formula is C23H20ClN3O3. The molecule has 0 radical (unpaired) electrons. The number of carbonyl (C=O) groups is 3. The summed E-state index contributed by atoms with van der Waals surface area (Å²) in [4.78, 5) is 36.3. The molecule has 0 aliphatic heterocycles. The van der Waals surface area contributed by atoms with Gasteiger partial charge in [0.1, 0.15) is 0 Å². The average molecular weight is 422 g/mol. The minimum absolute atomic E-state index is 0.189. The molecule has 0 bridgehead atoms. The Balaban J connectivity index is 1.47. The molecule has 3 amide bonds. The smallest absolute Gasteiger partial charge is 0.269 e. The predicted molar refractivity (Wildman–Crippen MR) is 116 cm³/mol. The number of aryl methyl sites for hydroxylation is 1. The minimum atomic E-state index is -0.456. The van der Waals surface area contributed by atoms with E-state index in [1.807, 2.05) is 24.3 Å². The number of anilines is 1. The summed E-state index contributed by atoms with van der Waals surface area (Å²) in [5.74, 6) is -1.02. The molecule has 0 spiro atoms. The van der Waals surface area contributed by atoms with Crippen LogP contribution in [0.4, 0.5) is 5.69 Å². The second-order valence-electron chi connectivity index (χ2n) is 6.49. The number of carbonyl (C=O) groups excluding carboxylic acids is 3. The van der Waals surface area contributed by atoms with Crippen LogP contribution >= 0.6 is 11.6 Å². The molecule has 3 aromatic carbocycles. The molecule has 0 aromatic heterocycles. The Bertz CT molecular complexity index is 1040. The lowest BCUT2D eigenvalue weighted by atomic mass is 10.1. The van der Waals surface area contributed by atoms with Crippen LogP contribution in [0, 0.1) is 0 Å². The summed E-state index contributed by atoms with van der Waals surface area (Å²) in [6.45, 7) is 0. The van der Waals surface area contributed by atoms with E-state index in [9.17, 15) is 14.4 Å². The number of rotatable bonds is 6. The highest BCUT2D eigenvalue weighted by Gasteiger charge is 2.10. The number of nitrogens with one attached hydrogen (secondary N) is 3. The summed E-state index contributed by atoms with van der Waals surface area (Å²) in [5.41, 5.74) is 7.08. The fraction of sp³-hybridized carbons (Fsp3) is 0.0870. The van der Waals surface area contributed by atoms with Crippen molar-refractivity contribution >= 4 is 35.0 Å². The fourth-order valence-corrected chi connectivity index (χ4v) is 2.94. The van der Waals surface area contributed by atoms with E-state index in [2.05, 4.69) is 16.2 Å². The van der Waals surface area contributed by atoms with Crippen LogP contribution in [0.3, 0.4) is 0 Å². The lowest BCUT2D eigenvalue weighted by Gasteiger charge is -2.09. The van der Waals surface area contributed by atoms with Gasteiger partial charge in [0, 0.05) is 28.3 Å². The molecule has 0 aliphatic carbocycles. The maximum Gasteiger partial charge on any atom is 0.269 e. The predicted octanol–water partition coefficient (Wildman–Crippen LogP) is 3.99. The third-order valence-corrected chi connectivity index (χ3v) is 4.70. The Morgan fingerprint density at radius 2 is 1.33 bits per heavy atom. The molecule has 0 fully saturated rings. The first kappa shape index (κ1) is 21.1. The van der Waals surface area contributed by atoms with Crippen LogP contribution in [0.15, 0.2) is 78.9 Å². The van der Waals surface area contributed by atoms with Crippen LogP contribution < -0.4 is 16.2 Å². The SMILES string of the molecule is O=C(CCc1ccccc1Cl)NNC(=O)c1ccc(NC(=O)c2ccccc2)cc1. The summed E-state index contributed by atoms with van der Waals surface area (Å²) >= 11 is 6.07. The van der Waals surface area contributed by atoms with Crippen molar-refractivity contribution in [3.63, 3.8) is 0 Å². The molecular weight excluding hydrogens is 402 g/mol. The van der Waals surface area contributed by atoms with Gasteiger partial charge >= 0.3 is 0 Å². The molecule has 0 unspecified atom stereocenters. The summed E-state index contributed by atoms with van der Waals surface area (Å²) in [5, 5.41) is 3.37. The van der Waals surface area contributed by atoms with Crippen LogP contribution in [-0.4, -0.2) is 17.7 Å². The number of halogens is 1. The molecule has 0 aliphatic rings. The van der Waals surface area contributed by atoms with Gasteiger partial charge < -0.3 is 5.32 Å². The second-order valence-corrected chi connectivity index (χ2v) is 6.90. The molecule has 3 aromatic rings. The maximum atomic E-state index is 12.2. The number of benzene rings is 3. The number of hydrogen-bond donors (Lipinski definition) is 3. The van der Waals surface area contributed by atoms with Crippen molar-refractivity contribution in [3.8, 4) is 0 Å². The molecule has 0 heterocycles. The topological polar surface area (TPSA) is 87.3 Å². The first-order valence-electron chi connectivity index (χ1n) is 9.32. The summed E-state index contributed by atoms with van der Waals surface area (Å²) in [6.07, 6.45) is 0.658. The van der Waals surface area contributed by atoms with Gasteiger partial charge in [-0.25, -0.2) is 0 Å². The van der Waals surface area contributed by atoms with Crippen molar-refractivity contribution in [1.29, 1.82) is 0 Å². The number of hydrogen-bond acceptors (Lipinski definition) is 3. The molecule has 3 N–H and O–H groups in total. The highest BCUT2D eigenvalue weighted by atomic mass is 35.5. The monoisotopic (exact) mass is 421 g/mol. The van der Waals surface area contributed by atoms with E-state index in [-0.39, 0.29) is 18.2 Å². The van der Waals surface area contributed by atoms with Gasteiger partial charge in [-0.1, -0.05) is 48.0 Å². The highest BCUT2D eigenvalue weighted by molar-refractivity contribution is 6.31. The van der Waals surface area contributed by atoms with E-state index in [1.165, 1.54) is 0 Å². The highest BCUT2D eigenvalue weighted by Crippen LogP contribution is 2.16. The summed E-state index contributed by atoms with van der Waals surface area (Å²) in [6, 6.07) is 22.5. The quantitative estimate of drug-likeness (QED) is 0.526. The second kappa shape index (κ2) is 10.2. The van der Waals surface area contributed by atoms with E-state index in [1.54, 1.807) is 54.6 Å². The maximum absolute atomic E-state index is 12.2. The molecule has 7 heteroatoms. The Kier molecular flexibility index (Phi) is 7.19. The van der Waals surface area contributed by atoms with Crippen LogP contribution in [0.25, 0.3) is 0 Å². The van der Waals surface area contributed by atoms with Gasteiger partial charge in [-0.15, -0.1) is 0 Å². The Hall–Kier alpha value is -3.64. The minimum Gasteiger partial charge on any atom is -0.322 e. The zero-order valence-electron chi connectivity index (χ0n) is 16.0. The summed E-state index contributed by atoms with van der Waals surface area (Å²) < 4.78 is 0. The first-order chi connectivity index (χ1) is 14.5. The number of amides is 3. The van der Waals surface area contributed by atoms with Gasteiger partial charge in [-0.3, -0.25) is 25.2 Å². The van der Waals surface area contributed by atoms with Crippen molar-refractivity contribution in [1.82, 2.24) is 10.9 Å². The average Bonchev–Trinajstić information content (AvgIpc) is 2.78. The Morgan fingerprint density at radius 3 is 2.03 bits per heavy atom. The van der Waals surface area contributed by atoms with Crippen molar-refractivity contribution in [2.45, 2.75) is 12.8 Å². The molecule has 0 saturated heterocycles. The lowest BCUT2D eigenvalue weighted by Crippen LogP contribution is -2.41. The molecule has 0 atom stereocenters. The van der Waals surface area contributed by atoms with Crippen LogP contribution in [0.2, 0.25) is 5.02 Å². The van der Waals surface area contributed by atoms with Crippen molar-refractivity contribution in [2.75, 3.05) is 5.32 Å². The van der Waals surface area contributed by atoms with Crippen molar-refractivity contribution < 1.29 is 14.4 Å². The van der Waals surface area contributed by atoms with Crippen LogP contribution in [0.5, 0.6) is 0 Å². The fourth-order valence-electron chi connectivity index (χ4n) is 2.71. The van der Waals surface area contributed by atoms with Gasteiger partial charge in [0.2, 0.25) is 5.91 Å². The Labute approximate surface area is 179 Å². The van der Waals surface area contributed by atoms with Crippen molar-refractivity contribution in [2.24, 2.45) is 0 Å². The largest absolute Gasteiger partial charge is 0.322 e. The van der Waals surface area contributed by atoms with E-state index in [4.69, 9.17) is 11.6 Å². The molecule has 30 heavy (non-hydrogen) atoms. The third kappa shape index (κ3) is 5.93. The van der Waals surface area contributed by atoms with Gasteiger partial charge in [-0.2, -0.15) is 0 Å². The van der Waals surface area contributed by atoms with Crippen LogP contribution in [-0.2, 0) is 11.2 Å². The van der Waals surface area contributed by atoms with E-state index in [0.717, 1.165) is 5.56 Å². The standard InChI is InChI=1S/C23H20ClN3O3/c24-20-9-5-4-6-16(20)12-15-21(28)26-27-23(30)18-10-13-19(14-11-18)25-22(29)17-7-2-1-3-8-17/h1-11,13-14H,12,15H2,(H,25,29)(H,26,28)(H,27,30). The zero-order chi connectivity index (χ0) is 21.3. The molecule has 6 nitrogen and oxygen atoms in total. The van der Waals surface area contributed by atoms with Gasteiger partial charge in [0.15, 0.2) is 0 Å². The molecule has 3 rings (SSSR count). The number of hydrazine groups is 1. The van der Waals surface area contributed by atoms with E-state index in [0.29, 0.717) is 28.3 Å². The summed E-state index contributed by atoms with van der Waals surface area (Å²) in [7, 11) is 0.